The minimum atomic E-state index is -1.26. The van der Waals surface area contributed by atoms with Gasteiger partial charge in [-0.3, -0.25) is 9.59 Å². The second kappa shape index (κ2) is 7.28. The number of carbonyl (C=O) groups excluding carboxylic acids is 1. The fourth-order valence-corrected chi connectivity index (χ4v) is 1.68. The van der Waals surface area contributed by atoms with Crippen LogP contribution in [0.3, 0.4) is 0 Å². The van der Waals surface area contributed by atoms with E-state index in [-0.39, 0.29) is 12.8 Å². The minimum absolute atomic E-state index is 0.161. The zero-order valence-corrected chi connectivity index (χ0v) is 11.9. The van der Waals surface area contributed by atoms with E-state index in [1.807, 2.05) is 19.0 Å². The van der Waals surface area contributed by atoms with Crippen molar-refractivity contribution in [3.05, 3.63) is 29.8 Å². The van der Waals surface area contributed by atoms with Gasteiger partial charge >= 0.3 is 11.9 Å². The van der Waals surface area contributed by atoms with E-state index in [9.17, 15) is 14.4 Å². The van der Waals surface area contributed by atoms with Crippen LogP contribution in [0.25, 0.3) is 0 Å². The number of carbonyl (C=O) groups is 3. The topological polar surface area (TPSA) is 107 Å². The van der Waals surface area contributed by atoms with Gasteiger partial charge in [0, 0.05) is 31.8 Å². The molecular weight excluding hydrogens is 276 g/mol. The summed E-state index contributed by atoms with van der Waals surface area (Å²) >= 11 is 0. The Morgan fingerprint density at radius 3 is 2.14 bits per heavy atom. The number of hydrogen-bond donors (Lipinski definition) is 3. The van der Waals surface area contributed by atoms with E-state index < -0.39 is 23.9 Å². The Labute approximate surface area is 122 Å². The van der Waals surface area contributed by atoms with Gasteiger partial charge < -0.3 is 20.4 Å². The number of hydrogen-bond acceptors (Lipinski definition) is 4. The van der Waals surface area contributed by atoms with Crippen molar-refractivity contribution in [2.75, 3.05) is 19.0 Å². The van der Waals surface area contributed by atoms with Crippen LogP contribution in [0.4, 0.5) is 5.69 Å². The first-order valence-electron chi connectivity index (χ1n) is 6.34. The summed E-state index contributed by atoms with van der Waals surface area (Å²) in [6.45, 7) is 0. The van der Waals surface area contributed by atoms with Crippen molar-refractivity contribution < 1.29 is 24.6 Å². The molecule has 0 spiro atoms. The fourth-order valence-electron chi connectivity index (χ4n) is 1.68. The molecule has 1 atom stereocenters. The van der Waals surface area contributed by atoms with Crippen molar-refractivity contribution in [2.24, 2.45) is 0 Å². The van der Waals surface area contributed by atoms with E-state index in [1.54, 1.807) is 24.3 Å². The van der Waals surface area contributed by atoms with Gasteiger partial charge in [0.25, 0.3) is 5.91 Å². The number of amides is 1. The molecule has 1 aromatic rings. The van der Waals surface area contributed by atoms with Crippen LogP contribution in [0.2, 0.25) is 0 Å². The number of carboxylic acids is 2. The molecule has 0 aliphatic carbocycles. The molecule has 0 saturated heterocycles. The molecule has 1 rings (SSSR count). The van der Waals surface area contributed by atoms with E-state index in [1.165, 1.54) is 0 Å². The van der Waals surface area contributed by atoms with Crippen molar-refractivity contribution in [3.8, 4) is 0 Å². The monoisotopic (exact) mass is 294 g/mol. The van der Waals surface area contributed by atoms with E-state index >= 15 is 0 Å². The molecular formula is C14H18N2O5. The molecule has 3 N–H and O–H groups in total. The highest BCUT2D eigenvalue weighted by Crippen LogP contribution is 2.12. The van der Waals surface area contributed by atoms with Crippen LogP contribution in [-0.2, 0) is 9.59 Å². The average Bonchev–Trinajstić information content (AvgIpc) is 2.42. The summed E-state index contributed by atoms with van der Waals surface area (Å²) in [4.78, 5) is 35.3. The van der Waals surface area contributed by atoms with Gasteiger partial charge in [-0.2, -0.15) is 0 Å². The Hall–Kier alpha value is -2.57. The zero-order chi connectivity index (χ0) is 16.0. The second-order valence-electron chi connectivity index (χ2n) is 4.74. The number of anilines is 1. The van der Waals surface area contributed by atoms with E-state index in [4.69, 9.17) is 10.2 Å². The lowest BCUT2D eigenvalue weighted by Crippen LogP contribution is -2.41. The molecule has 0 aliphatic rings. The lowest BCUT2D eigenvalue weighted by molar-refractivity contribution is -0.140. The highest BCUT2D eigenvalue weighted by molar-refractivity contribution is 5.96. The van der Waals surface area contributed by atoms with Crippen molar-refractivity contribution in [1.82, 2.24) is 5.32 Å². The van der Waals surface area contributed by atoms with Gasteiger partial charge in [-0.1, -0.05) is 0 Å². The molecule has 0 radical (unpaired) electrons. The molecule has 7 nitrogen and oxygen atoms in total. The third kappa shape index (κ3) is 5.13. The van der Waals surface area contributed by atoms with Gasteiger partial charge in [0.1, 0.15) is 6.04 Å². The highest BCUT2D eigenvalue weighted by atomic mass is 16.4. The minimum Gasteiger partial charge on any atom is -0.481 e. The van der Waals surface area contributed by atoms with Crippen LogP contribution in [0, 0.1) is 0 Å². The molecule has 7 heteroatoms. The lowest BCUT2D eigenvalue weighted by atomic mass is 10.1. The summed E-state index contributed by atoms with van der Waals surface area (Å²) in [5, 5.41) is 19.9. The molecule has 0 unspecified atom stereocenters. The smallest absolute Gasteiger partial charge is 0.326 e. The molecule has 0 aromatic heterocycles. The Kier molecular flexibility index (Phi) is 5.71. The molecule has 1 aromatic carbocycles. The first-order valence-corrected chi connectivity index (χ1v) is 6.34. The van der Waals surface area contributed by atoms with E-state index in [2.05, 4.69) is 5.32 Å². The van der Waals surface area contributed by atoms with Crippen LogP contribution in [-0.4, -0.2) is 48.2 Å². The lowest BCUT2D eigenvalue weighted by Gasteiger charge is -2.15. The first-order chi connectivity index (χ1) is 9.81. The summed E-state index contributed by atoms with van der Waals surface area (Å²) < 4.78 is 0. The maximum Gasteiger partial charge on any atom is 0.326 e. The molecule has 0 saturated carbocycles. The quantitative estimate of drug-likeness (QED) is 0.686. The van der Waals surface area contributed by atoms with Gasteiger partial charge in [0.05, 0.1) is 0 Å². The molecule has 1 amide bonds. The molecule has 114 valence electrons. The van der Waals surface area contributed by atoms with Gasteiger partial charge in [-0.15, -0.1) is 0 Å². The Bertz CT molecular complexity index is 525. The zero-order valence-electron chi connectivity index (χ0n) is 11.9. The normalized spacial score (nSPS) is 11.5. The number of rotatable bonds is 7. The standard InChI is InChI=1S/C14H18N2O5/c1-16(2)10-5-3-9(4-6-10)13(19)15-11(14(20)21)7-8-12(17)18/h3-6,11H,7-8H2,1-2H3,(H,15,19)(H,17,18)(H,20,21)/t11-/m0/s1. The highest BCUT2D eigenvalue weighted by Gasteiger charge is 2.21. The average molecular weight is 294 g/mol. The maximum absolute atomic E-state index is 11.9. The molecule has 0 aliphatic heterocycles. The summed E-state index contributed by atoms with van der Waals surface area (Å²) in [5.41, 5.74) is 1.23. The van der Waals surface area contributed by atoms with Crippen LogP contribution >= 0.6 is 0 Å². The van der Waals surface area contributed by atoms with Crippen molar-refractivity contribution in [1.29, 1.82) is 0 Å². The second-order valence-corrected chi connectivity index (χ2v) is 4.74. The Morgan fingerprint density at radius 2 is 1.71 bits per heavy atom. The number of benzene rings is 1. The molecule has 0 fully saturated rings. The van der Waals surface area contributed by atoms with Crippen molar-refractivity contribution in [3.63, 3.8) is 0 Å². The molecule has 0 bridgehead atoms. The van der Waals surface area contributed by atoms with Crippen molar-refractivity contribution in [2.45, 2.75) is 18.9 Å². The van der Waals surface area contributed by atoms with Crippen molar-refractivity contribution >= 4 is 23.5 Å². The first kappa shape index (κ1) is 16.5. The third-order valence-corrected chi connectivity index (χ3v) is 2.90. The van der Waals surface area contributed by atoms with Gasteiger partial charge in [-0.25, -0.2) is 4.79 Å². The third-order valence-electron chi connectivity index (χ3n) is 2.90. The largest absolute Gasteiger partial charge is 0.481 e. The Morgan fingerprint density at radius 1 is 1.14 bits per heavy atom. The Balaban J connectivity index is 2.72. The fraction of sp³-hybridized carbons (Fsp3) is 0.357. The summed E-state index contributed by atoms with van der Waals surface area (Å²) in [7, 11) is 3.73. The predicted molar refractivity (Wildman–Crippen MR) is 76.5 cm³/mol. The number of carboxylic acid groups (broad SMARTS) is 2. The van der Waals surface area contributed by atoms with Gasteiger partial charge in [0.2, 0.25) is 0 Å². The van der Waals surface area contributed by atoms with Gasteiger partial charge in [0.15, 0.2) is 0 Å². The predicted octanol–water partition coefficient (Wildman–Crippen LogP) is 0.800. The van der Waals surface area contributed by atoms with E-state index in [0.717, 1.165) is 5.69 Å². The maximum atomic E-state index is 11.9. The summed E-state index contributed by atoms with van der Waals surface area (Å²) in [6, 6.07) is 5.42. The van der Waals surface area contributed by atoms with Crippen LogP contribution in [0.5, 0.6) is 0 Å². The van der Waals surface area contributed by atoms with E-state index in [0.29, 0.717) is 5.56 Å². The number of aliphatic carboxylic acids is 2. The number of nitrogens with one attached hydrogen (secondary N) is 1. The number of nitrogens with zero attached hydrogens (tertiary/aromatic N) is 1. The van der Waals surface area contributed by atoms with Crippen LogP contribution in [0.15, 0.2) is 24.3 Å². The molecule has 21 heavy (non-hydrogen) atoms. The van der Waals surface area contributed by atoms with Crippen LogP contribution < -0.4 is 10.2 Å². The van der Waals surface area contributed by atoms with Crippen LogP contribution in [0.1, 0.15) is 23.2 Å². The summed E-state index contributed by atoms with van der Waals surface area (Å²) in [5.74, 6) is -2.90. The molecule has 0 heterocycles. The summed E-state index contributed by atoms with van der Waals surface area (Å²) in [6.07, 6.45) is -0.483. The van der Waals surface area contributed by atoms with Gasteiger partial charge in [-0.05, 0) is 30.7 Å². The SMILES string of the molecule is CN(C)c1ccc(C(=O)N[C@@H](CCC(=O)O)C(=O)O)cc1.